The van der Waals surface area contributed by atoms with Crippen molar-refractivity contribution < 1.29 is 19.0 Å². The molecule has 3 heterocycles. The average molecular weight is 525 g/mol. The maximum Gasteiger partial charge on any atom is 0.413 e. The molecule has 0 fully saturated rings. The predicted octanol–water partition coefficient (Wildman–Crippen LogP) is 5.65. The van der Waals surface area contributed by atoms with Gasteiger partial charge in [0.05, 0.1) is 24.5 Å². The molecule has 0 bridgehead atoms. The summed E-state index contributed by atoms with van der Waals surface area (Å²) >= 11 is 0. The van der Waals surface area contributed by atoms with Crippen LogP contribution in [0.1, 0.15) is 20.8 Å². The highest BCUT2D eigenvalue weighted by atomic mass is 28.3. The van der Waals surface area contributed by atoms with Crippen LogP contribution in [0.4, 0.5) is 10.6 Å². The Bertz CT molecular complexity index is 1430. The highest BCUT2D eigenvalue weighted by Crippen LogP contribution is 2.33. The summed E-state index contributed by atoms with van der Waals surface area (Å²) in [6.07, 6.45) is 0.937. The molecule has 1 aromatic carbocycles. The highest BCUT2D eigenvalue weighted by molar-refractivity contribution is 6.76. The molecule has 37 heavy (non-hydrogen) atoms. The van der Waals surface area contributed by atoms with Crippen LogP contribution in [0, 0.1) is 0 Å². The monoisotopic (exact) mass is 524 g/mol. The Morgan fingerprint density at radius 2 is 1.92 bits per heavy atom. The summed E-state index contributed by atoms with van der Waals surface area (Å²) in [5.74, 6) is 1.05. The first-order valence-corrected chi connectivity index (χ1v) is 16.0. The topological polar surface area (TPSA) is 105 Å². The third-order valence-corrected chi connectivity index (χ3v) is 7.45. The summed E-state index contributed by atoms with van der Waals surface area (Å²) < 4.78 is 20.8. The zero-order chi connectivity index (χ0) is 27.0. The first-order chi connectivity index (χ1) is 17.3. The molecule has 1 amide bonds. The van der Waals surface area contributed by atoms with Gasteiger partial charge in [0, 0.05) is 27.1 Å². The van der Waals surface area contributed by atoms with E-state index in [2.05, 4.69) is 34.9 Å². The van der Waals surface area contributed by atoms with E-state index in [-0.39, 0.29) is 0 Å². The van der Waals surface area contributed by atoms with Crippen LogP contribution in [-0.2, 0) is 23.3 Å². The molecule has 4 aromatic rings. The first-order valence-electron chi connectivity index (χ1n) is 12.3. The minimum Gasteiger partial charge on any atom is -0.497 e. The van der Waals surface area contributed by atoms with Crippen molar-refractivity contribution >= 4 is 42.1 Å². The molecule has 10 nitrogen and oxygen atoms in total. The fourth-order valence-corrected chi connectivity index (χ4v) is 4.67. The first kappa shape index (κ1) is 26.6. The average Bonchev–Trinajstić information content (AvgIpc) is 3.31. The van der Waals surface area contributed by atoms with E-state index >= 15 is 0 Å². The van der Waals surface area contributed by atoms with Crippen LogP contribution in [-0.4, -0.2) is 57.8 Å². The zero-order valence-electron chi connectivity index (χ0n) is 22.9. The second-order valence-electron chi connectivity index (χ2n) is 11.3. The summed E-state index contributed by atoms with van der Waals surface area (Å²) in [6, 6.07) is 8.86. The number of carbonyl (C=O) groups is 1. The Labute approximate surface area is 217 Å². The van der Waals surface area contributed by atoms with E-state index in [0.29, 0.717) is 30.3 Å². The smallest absolute Gasteiger partial charge is 0.413 e. The van der Waals surface area contributed by atoms with E-state index in [9.17, 15) is 4.79 Å². The van der Waals surface area contributed by atoms with Gasteiger partial charge in [0.2, 0.25) is 0 Å². The molecule has 4 rings (SSSR count). The standard InChI is InChI=1S/C26H36N6O4Si/c1-26(2,3)36-25(33)29-22-15-27-24-19(28-22)14-21(32(24)16-35-11-12-37(6,7)8)23-18-13-17(34-5)9-10-20(18)31(4)30-23/h9-10,13-15H,11-12,16H2,1-8H3,(H,28,29,33). The van der Waals surface area contributed by atoms with Gasteiger partial charge in [-0.25, -0.2) is 14.8 Å². The maximum atomic E-state index is 12.3. The lowest BCUT2D eigenvalue weighted by Crippen LogP contribution is -2.27. The van der Waals surface area contributed by atoms with Crippen LogP contribution in [0.3, 0.4) is 0 Å². The Hall–Kier alpha value is -3.44. The number of hydrogen-bond acceptors (Lipinski definition) is 7. The molecule has 3 aromatic heterocycles. The van der Waals surface area contributed by atoms with Gasteiger partial charge in [-0.2, -0.15) is 5.10 Å². The van der Waals surface area contributed by atoms with Gasteiger partial charge in [0.1, 0.15) is 29.3 Å². The molecule has 0 aliphatic carbocycles. The van der Waals surface area contributed by atoms with Gasteiger partial charge in [-0.15, -0.1) is 0 Å². The lowest BCUT2D eigenvalue weighted by Gasteiger charge is -2.19. The fraction of sp³-hybridized carbons (Fsp3) is 0.462. The number of ether oxygens (including phenoxy) is 3. The largest absolute Gasteiger partial charge is 0.497 e. The third kappa shape index (κ3) is 6.28. The van der Waals surface area contributed by atoms with Crippen molar-refractivity contribution in [3.05, 3.63) is 30.5 Å². The molecule has 198 valence electrons. The van der Waals surface area contributed by atoms with Crippen molar-refractivity contribution in [3.63, 3.8) is 0 Å². The number of carbonyl (C=O) groups excluding carboxylic acids is 1. The molecule has 0 aliphatic heterocycles. The number of aryl methyl sites for hydroxylation is 1. The fourth-order valence-electron chi connectivity index (χ4n) is 3.91. The van der Waals surface area contributed by atoms with E-state index < -0.39 is 19.8 Å². The van der Waals surface area contributed by atoms with Crippen LogP contribution >= 0.6 is 0 Å². The minimum absolute atomic E-state index is 0.303. The Morgan fingerprint density at radius 3 is 2.59 bits per heavy atom. The van der Waals surface area contributed by atoms with Crippen molar-refractivity contribution in [2.24, 2.45) is 7.05 Å². The van der Waals surface area contributed by atoms with E-state index in [1.54, 1.807) is 7.11 Å². The van der Waals surface area contributed by atoms with E-state index in [1.165, 1.54) is 6.20 Å². The Kier molecular flexibility index (Phi) is 7.29. The molecule has 0 atom stereocenters. The molecule has 0 saturated heterocycles. The molecule has 0 radical (unpaired) electrons. The number of rotatable bonds is 8. The Morgan fingerprint density at radius 1 is 1.16 bits per heavy atom. The van der Waals surface area contributed by atoms with Crippen molar-refractivity contribution in [2.45, 2.75) is 58.8 Å². The summed E-state index contributed by atoms with van der Waals surface area (Å²) in [5.41, 5.74) is 3.19. The predicted molar refractivity (Wildman–Crippen MR) is 148 cm³/mol. The van der Waals surface area contributed by atoms with Crippen molar-refractivity contribution in [2.75, 3.05) is 19.0 Å². The Balaban J connectivity index is 1.76. The number of fused-ring (bicyclic) bond motifs is 2. The number of hydrogen-bond donors (Lipinski definition) is 1. The van der Waals surface area contributed by atoms with Gasteiger partial charge in [-0.05, 0) is 51.1 Å². The quantitative estimate of drug-likeness (QED) is 0.234. The van der Waals surface area contributed by atoms with Gasteiger partial charge in [0.15, 0.2) is 11.5 Å². The summed E-state index contributed by atoms with van der Waals surface area (Å²) in [6.45, 7) is 13.4. The maximum absolute atomic E-state index is 12.3. The van der Waals surface area contributed by atoms with Gasteiger partial charge >= 0.3 is 6.09 Å². The van der Waals surface area contributed by atoms with Gasteiger partial charge in [0.25, 0.3) is 0 Å². The second kappa shape index (κ2) is 10.1. The van der Waals surface area contributed by atoms with E-state index in [4.69, 9.17) is 19.3 Å². The number of aromatic nitrogens is 5. The van der Waals surface area contributed by atoms with Crippen LogP contribution in [0.2, 0.25) is 25.7 Å². The van der Waals surface area contributed by atoms with E-state index in [0.717, 1.165) is 34.1 Å². The summed E-state index contributed by atoms with van der Waals surface area (Å²) in [5, 5.41) is 8.43. The number of amides is 1. The molecule has 0 spiro atoms. The SMILES string of the molecule is COc1ccc2c(c1)c(-c1cc3nc(NC(=O)OC(C)(C)C)cnc3n1COCC[Si](C)(C)C)nn2C. The number of benzene rings is 1. The number of nitrogens with zero attached hydrogens (tertiary/aromatic N) is 5. The molecule has 0 saturated carbocycles. The van der Waals surface area contributed by atoms with Crippen molar-refractivity contribution in [1.82, 2.24) is 24.3 Å². The molecule has 1 N–H and O–H groups in total. The molecular weight excluding hydrogens is 488 g/mol. The summed E-state index contributed by atoms with van der Waals surface area (Å²) in [4.78, 5) is 21.5. The second-order valence-corrected chi connectivity index (χ2v) is 16.9. The number of anilines is 1. The third-order valence-electron chi connectivity index (χ3n) is 5.74. The van der Waals surface area contributed by atoms with Crippen molar-refractivity contribution in [3.8, 4) is 17.1 Å². The minimum atomic E-state index is -1.24. The van der Waals surface area contributed by atoms with Crippen LogP contribution < -0.4 is 10.1 Å². The normalized spacial score (nSPS) is 12.3. The van der Waals surface area contributed by atoms with Gasteiger partial charge in [-0.3, -0.25) is 14.6 Å². The van der Waals surface area contributed by atoms with Gasteiger partial charge < -0.3 is 14.2 Å². The van der Waals surface area contributed by atoms with Crippen LogP contribution in [0.15, 0.2) is 30.5 Å². The number of nitrogens with one attached hydrogen (secondary N) is 1. The molecule has 0 aliphatic rings. The molecule has 11 heteroatoms. The van der Waals surface area contributed by atoms with Crippen LogP contribution in [0.5, 0.6) is 5.75 Å². The summed E-state index contributed by atoms with van der Waals surface area (Å²) in [7, 11) is 2.32. The van der Waals surface area contributed by atoms with Gasteiger partial charge in [-0.1, -0.05) is 19.6 Å². The molecular formula is C26H36N6O4Si. The number of methoxy groups -OCH3 is 1. The zero-order valence-corrected chi connectivity index (χ0v) is 23.9. The van der Waals surface area contributed by atoms with Crippen molar-refractivity contribution in [1.29, 1.82) is 0 Å². The van der Waals surface area contributed by atoms with Crippen LogP contribution in [0.25, 0.3) is 33.5 Å². The highest BCUT2D eigenvalue weighted by Gasteiger charge is 2.21. The lowest BCUT2D eigenvalue weighted by molar-refractivity contribution is 0.0635. The lowest BCUT2D eigenvalue weighted by atomic mass is 10.1. The van der Waals surface area contributed by atoms with E-state index in [1.807, 2.05) is 61.3 Å². The molecule has 0 unspecified atom stereocenters.